The van der Waals surface area contributed by atoms with Gasteiger partial charge in [0.1, 0.15) is 0 Å². The second-order valence-corrected chi connectivity index (χ2v) is 12.5. The van der Waals surface area contributed by atoms with Crippen LogP contribution in [0, 0.1) is 16.2 Å². The molecule has 0 N–H and O–H groups in total. The summed E-state index contributed by atoms with van der Waals surface area (Å²) in [5.41, 5.74) is 6.63. The van der Waals surface area contributed by atoms with Gasteiger partial charge in [0.25, 0.3) is 0 Å². The van der Waals surface area contributed by atoms with Crippen molar-refractivity contribution in [2.24, 2.45) is 16.2 Å². The molecule has 0 aromatic heterocycles. The molecule has 1 aliphatic carbocycles. The molecule has 0 spiro atoms. The molecule has 0 atom stereocenters. The SMILES string of the molecule is CC1=C([SiH3])C(C(C)(C)C)(C(C)(C)C)[C]([Zr])=C1C.c1ccc(-c2ccccc2)cc1. The van der Waals surface area contributed by atoms with Crippen LogP contribution in [0.4, 0.5) is 0 Å². The summed E-state index contributed by atoms with van der Waals surface area (Å²) in [6, 6.07) is 20.8. The van der Waals surface area contributed by atoms with Gasteiger partial charge in [0.2, 0.25) is 0 Å². The van der Waals surface area contributed by atoms with Crippen LogP contribution in [0.25, 0.3) is 11.1 Å². The third kappa shape index (κ3) is 4.54. The first-order valence-electron chi connectivity index (χ1n) is 10.6. The number of hydrogen-bond donors (Lipinski definition) is 0. The molecule has 0 saturated carbocycles. The normalized spacial score (nSPS) is 16.7. The van der Waals surface area contributed by atoms with Crippen LogP contribution < -0.4 is 0 Å². The first-order valence-corrected chi connectivity index (χ1v) is 12.8. The molecule has 2 aromatic rings. The maximum atomic E-state index is 2.42. The molecular weight excluding hydrogens is 444 g/mol. The van der Waals surface area contributed by atoms with Crippen LogP contribution in [0.2, 0.25) is 0 Å². The van der Waals surface area contributed by atoms with Crippen LogP contribution in [-0.4, -0.2) is 10.2 Å². The Morgan fingerprint density at radius 3 is 1.21 bits per heavy atom. The zero-order valence-electron chi connectivity index (χ0n) is 19.8. The van der Waals surface area contributed by atoms with Crippen molar-refractivity contribution in [2.45, 2.75) is 55.4 Å². The zero-order valence-corrected chi connectivity index (χ0v) is 24.2. The molecule has 3 rings (SSSR count). The molecule has 0 radical (unpaired) electrons. The van der Waals surface area contributed by atoms with Crippen molar-refractivity contribution in [3.05, 3.63) is 80.3 Å². The van der Waals surface area contributed by atoms with E-state index in [1.54, 1.807) is 44.3 Å². The Bertz CT molecular complexity index is 814. The van der Waals surface area contributed by atoms with Crippen LogP contribution in [-0.2, 0) is 24.7 Å². The molecule has 0 saturated heterocycles. The fourth-order valence-electron chi connectivity index (χ4n) is 5.48. The minimum atomic E-state index is 0.290. The molecule has 0 aliphatic heterocycles. The summed E-state index contributed by atoms with van der Waals surface area (Å²) < 4.78 is 1.70. The predicted molar refractivity (Wildman–Crippen MR) is 129 cm³/mol. The van der Waals surface area contributed by atoms with E-state index in [1.165, 1.54) is 21.4 Å². The predicted octanol–water partition coefficient (Wildman–Crippen LogP) is 6.89. The Balaban J connectivity index is 0.000000218. The Kier molecular flexibility index (Phi) is 7.56. The van der Waals surface area contributed by atoms with Crippen molar-refractivity contribution in [3.63, 3.8) is 0 Å². The van der Waals surface area contributed by atoms with Crippen molar-refractivity contribution in [3.8, 4) is 11.1 Å². The fourth-order valence-corrected chi connectivity index (χ4v) is 11.0. The van der Waals surface area contributed by atoms with Gasteiger partial charge in [-0.1, -0.05) is 60.7 Å². The van der Waals surface area contributed by atoms with E-state index in [1.807, 2.05) is 12.1 Å². The molecule has 0 heterocycles. The molecule has 0 nitrogen and oxygen atoms in total. The zero-order chi connectivity index (χ0) is 22.0. The van der Waals surface area contributed by atoms with Gasteiger partial charge in [-0.3, -0.25) is 0 Å². The van der Waals surface area contributed by atoms with Gasteiger partial charge >= 0.3 is 126 Å². The van der Waals surface area contributed by atoms with Gasteiger partial charge in [-0.2, -0.15) is 0 Å². The standard InChI is InChI=1S/C15H27Si.C12H10.Zr/c1-10-9-15(13(3,4)5,14(6,7)8)12(16)11(10)2;1-3-7-11(8-4-1)12-9-5-2-6-10-12;/h1-8,16H3;1-10H;. The van der Waals surface area contributed by atoms with E-state index in [4.69, 9.17) is 0 Å². The van der Waals surface area contributed by atoms with Crippen LogP contribution in [0.15, 0.2) is 80.3 Å². The number of hydrogen-bond acceptors (Lipinski definition) is 0. The molecule has 0 fully saturated rings. The molecule has 1 aliphatic rings. The van der Waals surface area contributed by atoms with Gasteiger partial charge in [-0.05, 0) is 11.1 Å². The van der Waals surface area contributed by atoms with E-state index in [9.17, 15) is 0 Å². The average molecular weight is 481 g/mol. The third-order valence-corrected chi connectivity index (χ3v) is 9.91. The average Bonchev–Trinajstić information content (AvgIpc) is 2.84. The van der Waals surface area contributed by atoms with E-state index in [-0.39, 0.29) is 0 Å². The van der Waals surface area contributed by atoms with Gasteiger partial charge in [-0.15, -0.1) is 0 Å². The number of benzene rings is 2. The van der Waals surface area contributed by atoms with Gasteiger partial charge < -0.3 is 0 Å². The molecule has 2 heteroatoms. The maximum absolute atomic E-state index is 2.42. The van der Waals surface area contributed by atoms with E-state index in [2.05, 4.69) is 104 Å². The smallest absolute Gasteiger partial charge is 0.0184 e. The molecule has 0 bridgehead atoms. The van der Waals surface area contributed by atoms with Crippen molar-refractivity contribution < 1.29 is 24.7 Å². The van der Waals surface area contributed by atoms with Gasteiger partial charge in [-0.25, -0.2) is 0 Å². The summed E-state index contributed by atoms with van der Waals surface area (Å²) in [4.78, 5) is 0. The number of allylic oxidation sites excluding steroid dienone is 4. The van der Waals surface area contributed by atoms with Crippen molar-refractivity contribution in [2.75, 3.05) is 0 Å². The van der Waals surface area contributed by atoms with Crippen molar-refractivity contribution in [1.29, 1.82) is 0 Å². The second-order valence-electron chi connectivity index (χ2n) is 10.2. The largest absolute Gasteiger partial charge is 0.0622 e. The maximum Gasteiger partial charge on any atom is -0.0184 e. The molecular formula is C27H37SiZr. The Morgan fingerprint density at radius 1 is 0.655 bits per heavy atom. The van der Waals surface area contributed by atoms with Crippen LogP contribution in [0.3, 0.4) is 0 Å². The molecule has 29 heavy (non-hydrogen) atoms. The fraction of sp³-hybridized carbons (Fsp3) is 0.407. The van der Waals surface area contributed by atoms with E-state index in [0.29, 0.717) is 16.2 Å². The van der Waals surface area contributed by atoms with Crippen LogP contribution >= 0.6 is 0 Å². The summed E-state index contributed by atoms with van der Waals surface area (Å²) in [7, 11) is 1.18. The van der Waals surface area contributed by atoms with Crippen LogP contribution in [0.1, 0.15) is 55.4 Å². The Labute approximate surface area is 197 Å². The second kappa shape index (κ2) is 9.03. The molecule has 2 aromatic carbocycles. The van der Waals surface area contributed by atoms with Gasteiger partial charge in [0.15, 0.2) is 0 Å². The van der Waals surface area contributed by atoms with Gasteiger partial charge in [0.05, 0.1) is 0 Å². The van der Waals surface area contributed by atoms with E-state index < -0.39 is 0 Å². The minimum absolute atomic E-state index is 0.290. The molecule has 153 valence electrons. The van der Waals surface area contributed by atoms with Gasteiger partial charge in [0, 0.05) is 0 Å². The summed E-state index contributed by atoms with van der Waals surface area (Å²) >= 11 is 1.60. The number of rotatable bonds is 1. The summed E-state index contributed by atoms with van der Waals surface area (Å²) in [6.07, 6.45) is 0. The monoisotopic (exact) mass is 479 g/mol. The molecule has 0 unspecified atom stereocenters. The minimum Gasteiger partial charge on any atom is -0.0622 e. The summed E-state index contributed by atoms with van der Waals surface area (Å²) in [5.74, 6) is 0. The Morgan fingerprint density at radius 2 is 1.00 bits per heavy atom. The third-order valence-electron chi connectivity index (χ3n) is 6.57. The van der Waals surface area contributed by atoms with Crippen molar-refractivity contribution in [1.82, 2.24) is 0 Å². The first kappa shape index (κ1) is 24.3. The summed E-state index contributed by atoms with van der Waals surface area (Å²) in [5, 5.41) is 1.74. The Hall–Kier alpha value is -0.980. The molecule has 0 amide bonds. The van der Waals surface area contributed by atoms with Crippen molar-refractivity contribution >= 4 is 10.2 Å². The quantitative estimate of drug-likeness (QED) is 0.390. The summed E-state index contributed by atoms with van der Waals surface area (Å²) in [6.45, 7) is 19.2. The first-order chi connectivity index (χ1) is 13.4. The van der Waals surface area contributed by atoms with E-state index in [0.717, 1.165) is 0 Å². The topological polar surface area (TPSA) is 0 Å². The van der Waals surface area contributed by atoms with Crippen LogP contribution in [0.5, 0.6) is 0 Å². The van der Waals surface area contributed by atoms with E-state index >= 15 is 0 Å².